The molecule has 1 rings (SSSR count). The van der Waals surface area contributed by atoms with Gasteiger partial charge in [-0.25, -0.2) is 0 Å². The summed E-state index contributed by atoms with van der Waals surface area (Å²) in [5.41, 5.74) is 2.50. The second-order valence-electron chi connectivity index (χ2n) is 5.68. The van der Waals surface area contributed by atoms with Crippen LogP contribution < -0.4 is 5.73 Å². The second kappa shape index (κ2) is 13.6. The van der Waals surface area contributed by atoms with Crippen LogP contribution in [0.4, 0.5) is 17.1 Å². The van der Waals surface area contributed by atoms with E-state index in [1.54, 1.807) is 0 Å². The first kappa shape index (κ1) is 23.4. The largest absolute Gasteiger partial charge is 0.422 e. The quantitative estimate of drug-likeness (QED) is 0.341. The highest BCUT2D eigenvalue weighted by Crippen LogP contribution is 2.35. The molecule has 0 unspecified atom stereocenters. The molecule has 0 aliphatic heterocycles. The molecule has 0 saturated heterocycles. The molecule has 0 saturated carbocycles. The van der Waals surface area contributed by atoms with Crippen molar-refractivity contribution in [2.75, 3.05) is 6.54 Å². The first-order chi connectivity index (χ1) is 12.4. The third-order valence-corrected chi connectivity index (χ3v) is 3.63. The number of hydrogen-bond donors (Lipinski definition) is 1. The van der Waals surface area contributed by atoms with E-state index in [2.05, 4.69) is 6.92 Å². The molecule has 10 heteroatoms. The number of nitro groups is 3. The van der Waals surface area contributed by atoms with Gasteiger partial charge in [-0.1, -0.05) is 51.9 Å². The Hall–Kier alpha value is -2.62. The average molecular weight is 370 g/mol. The molecule has 2 N–H and O–H groups in total. The molecular formula is C16H26N4O6. The maximum absolute atomic E-state index is 10.4. The van der Waals surface area contributed by atoms with Crippen LogP contribution in [0.15, 0.2) is 18.2 Å². The number of nitro benzene ring substituents is 3. The minimum Gasteiger partial charge on any atom is -0.330 e. The summed E-state index contributed by atoms with van der Waals surface area (Å²) in [6, 6.07) is 2.69. The normalized spacial score (nSPS) is 9.92. The highest BCUT2D eigenvalue weighted by atomic mass is 16.6. The molecule has 0 spiro atoms. The molecule has 146 valence electrons. The van der Waals surface area contributed by atoms with Gasteiger partial charge in [0.2, 0.25) is 0 Å². The Bertz CT molecular complexity index is 554. The molecule has 26 heavy (non-hydrogen) atoms. The Morgan fingerprint density at radius 2 is 1.19 bits per heavy atom. The number of benzene rings is 1. The Morgan fingerprint density at radius 1 is 0.769 bits per heavy atom. The lowest BCUT2D eigenvalue weighted by Crippen LogP contribution is -2.00. The topological polar surface area (TPSA) is 155 Å². The summed E-state index contributed by atoms with van der Waals surface area (Å²) in [5.74, 6) is 0. The SMILES string of the molecule is CCCCCCCCCCN.O=[N+]([O-])c1cccc([N+](=O)[O-])c1[N+](=O)[O-]. The van der Waals surface area contributed by atoms with Gasteiger partial charge in [-0.3, -0.25) is 30.3 Å². The summed E-state index contributed by atoms with van der Waals surface area (Å²) in [4.78, 5) is 28.0. The minimum atomic E-state index is -1.14. The third-order valence-electron chi connectivity index (χ3n) is 3.63. The fourth-order valence-electron chi connectivity index (χ4n) is 2.28. The van der Waals surface area contributed by atoms with Crippen LogP contribution in [0.5, 0.6) is 0 Å². The van der Waals surface area contributed by atoms with Crippen molar-refractivity contribution in [3.8, 4) is 0 Å². The lowest BCUT2D eigenvalue weighted by molar-refractivity contribution is -0.441. The van der Waals surface area contributed by atoms with Gasteiger partial charge in [-0.15, -0.1) is 0 Å². The van der Waals surface area contributed by atoms with Gasteiger partial charge >= 0.3 is 17.1 Å². The maximum atomic E-state index is 10.4. The van der Waals surface area contributed by atoms with Crippen molar-refractivity contribution in [3.63, 3.8) is 0 Å². The molecular weight excluding hydrogens is 344 g/mol. The van der Waals surface area contributed by atoms with E-state index in [0.717, 1.165) is 24.7 Å². The number of unbranched alkanes of at least 4 members (excludes halogenated alkanes) is 7. The van der Waals surface area contributed by atoms with Crippen molar-refractivity contribution in [2.45, 2.75) is 58.3 Å². The van der Waals surface area contributed by atoms with Gasteiger partial charge in [0.1, 0.15) is 0 Å². The highest BCUT2D eigenvalue weighted by Gasteiger charge is 2.34. The lowest BCUT2D eigenvalue weighted by atomic mass is 10.1. The number of nitrogens with two attached hydrogens (primary N) is 1. The molecule has 0 aliphatic rings. The lowest BCUT2D eigenvalue weighted by Gasteiger charge is -1.99. The summed E-state index contributed by atoms with van der Waals surface area (Å²) < 4.78 is 0. The van der Waals surface area contributed by atoms with Crippen molar-refractivity contribution in [1.82, 2.24) is 0 Å². The summed E-state index contributed by atoms with van der Waals surface area (Å²) in [6.07, 6.45) is 11.0. The zero-order valence-electron chi connectivity index (χ0n) is 15.0. The molecule has 0 radical (unpaired) electrons. The molecule has 0 amide bonds. The first-order valence-electron chi connectivity index (χ1n) is 8.63. The zero-order valence-corrected chi connectivity index (χ0v) is 15.0. The maximum Gasteiger partial charge on any atom is 0.422 e. The van der Waals surface area contributed by atoms with E-state index in [-0.39, 0.29) is 0 Å². The predicted octanol–water partition coefficient (Wildman–Crippen LogP) is 4.50. The van der Waals surface area contributed by atoms with Gasteiger partial charge in [-0.05, 0) is 19.0 Å². The van der Waals surface area contributed by atoms with Crippen LogP contribution in [0.1, 0.15) is 58.3 Å². The molecule has 0 heterocycles. The molecule has 1 aromatic rings. The van der Waals surface area contributed by atoms with E-state index in [0.29, 0.717) is 0 Å². The van der Waals surface area contributed by atoms with E-state index in [9.17, 15) is 30.3 Å². The molecule has 1 aromatic carbocycles. The number of nitrogens with zero attached hydrogens (tertiary/aromatic N) is 3. The van der Waals surface area contributed by atoms with Crippen LogP contribution in [0.2, 0.25) is 0 Å². The standard InChI is InChI=1S/C10H23N.C6H3N3O6/c1-2-3-4-5-6-7-8-9-10-11;10-7(11)4-2-1-3-5(8(12)13)6(4)9(14)15/h2-11H2,1H3;1-3H. The van der Waals surface area contributed by atoms with Crippen molar-refractivity contribution in [3.05, 3.63) is 48.5 Å². The monoisotopic (exact) mass is 370 g/mol. The molecule has 0 atom stereocenters. The second-order valence-corrected chi connectivity index (χ2v) is 5.68. The Labute approximate surface area is 151 Å². The first-order valence-corrected chi connectivity index (χ1v) is 8.63. The van der Waals surface area contributed by atoms with Crippen LogP contribution >= 0.6 is 0 Å². The van der Waals surface area contributed by atoms with Gasteiger partial charge in [0.05, 0.1) is 14.8 Å². The van der Waals surface area contributed by atoms with E-state index in [1.165, 1.54) is 51.4 Å². The van der Waals surface area contributed by atoms with E-state index < -0.39 is 31.8 Å². The summed E-state index contributed by atoms with van der Waals surface area (Å²) in [7, 11) is 0. The molecule has 0 fully saturated rings. The third kappa shape index (κ3) is 9.02. The van der Waals surface area contributed by atoms with Crippen molar-refractivity contribution in [2.24, 2.45) is 5.73 Å². The molecule has 0 bridgehead atoms. The van der Waals surface area contributed by atoms with Crippen LogP contribution in [-0.2, 0) is 0 Å². The van der Waals surface area contributed by atoms with Crippen molar-refractivity contribution < 1.29 is 14.8 Å². The van der Waals surface area contributed by atoms with Crippen LogP contribution in [0, 0.1) is 30.3 Å². The average Bonchev–Trinajstić information content (AvgIpc) is 2.60. The Balaban J connectivity index is 0.000000508. The van der Waals surface area contributed by atoms with E-state index in [1.807, 2.05) is 0 Å². The number of rotatable bonds is 11. The smallest absolute Gasteiger partial charge is 0.330 e. The van der Waals surface area contributed by atoms with E-state index in [4.69, 9.17) is 5.73 Å². The zero-order chi connectivity index (χ0) is 19.9. The number of hydrogen-bond acceptors (Lipinski definition) is 7. The van der Waals surface area contributed by atoms with Crippen LogP contribution in [0.25, 0.3) is 0 Å². The number of para-hydroxylation sites is 1. The van der Waals surface area contributed by atoms with Crippen molar-refractivity contribution in [1.29, 1.82) is 0 Å². The van der Waals surface area contributed by atoms with Gasteiger partial charge in [0.15, 0.2) is 0 Å². The van der Waals surface area contributed by atoms with Gasteiger partial charge in [0.25, 0.3) is 0 Å². The fraction of sp³-hybridized carbons (Fsp3) is 0.625. The van der Waals surface area contributed by atoms with Crippen LogP contribution in [0.3, 0.4) is 0 Å². The predicted molar refractivity (Wildman–Crippen MR) is 98.1 cm³/mol. The molecule has 0 aromatic heterocycles. The van der Waals surface area contributed by atoms with Gasteiger partial charge in [0, 0.05) is 12.1 Å². The highest BCUT2D eigenvalue weighted by molar-refractivity contribution is 5.65. The van der Waals surface area contributed by atoms with Crippen LogP contribution in [-0.4, -0.2) is 21.3 Å². The van der Waals surface area contributed by atoms with E-state index >= 15 is 0 Å². The van der Waals surface area contributed by atoms with Gasteiger partial charge in [-0.2, -0.15) is 0 Å². The van der Waals surface area contributed by atoms with Crippen molar-refractivity contribution >= 4 is 17.1 Å². The fourth-order valence-corrected chi connectivity index (χ4v) is 2.28. The summed E-state index contributed by atoms with van der Waals surface area (Å²) in [6.45, 7) is 3.13. The minimum absolute atomic E-state index is 0.838. The summed E-state index contributed by atoms with van der Waals surface area (Å²) in [5, 5.41) is 31.2. The Kier molecular flexibility index (Phi) is 12.3. The van der Waals surface area contributed by atoms with Gasteiger partial charge < -0.3 is 5.73 Å². The molecule has 10 nitrogen and oxygen atoms in total. The molecule has 0 aliphatic carbocycles. The Morgan fingerprint density at radius 3 is 1.54 bits per heavy atom. The summed E-state index contributed by atoms with van der Waals surface area (Å²) >= 11 is 0.